The van der Waals surface area contributed by atoms with Crippen molar-refractivity contribution in [3.8, 4) is 11.3 Å². The summed E-state index contributed by atoms with van der Waals surface area (Å²) in [7, 11) is -3.86. The zero-order valence-electron chi connectivity index (χ0n) is 23.6. The van der Waals surface area contributed by atoms with Crippen LogP contribution < -0.4 is 10.5 Å². The molecule has 5 rings (SSSR count). The van der Waals surface area contributed by atoms with Gasteiger partial charge >= 0.3 is 6.03 Å². The van der Waals surface area contributed by atoms with Gasteiger partial charge in [-0.3, -0.25) is 15.3 Å². The largest absolute Gasteiger partial charge is 0.324 e. The first-order valence-corrected chi connectivity index (χ1v) is 16.4. The lowest BCUT2D eigenvalue weighted by Crippen LogP contribution is -2.38. The number of anilines is 1. The fourth-order valence-electron chi connectivity index (χ4n) is 4.73. The zero-order valence-corrected chi connectivity index (χ0v) is 26.0. The second-order valence-corrected chi connectivity index (χ2v) is 13.2. The van der Waals surface area contributed by atoms with Gasteiger partial charge in [0.1, 0.15) is 21.7 Å². The number of carbonyl (C=O) groups excluding carboxylic acids is 1. The maximum atomic E-state index is 13.7. The molecule has 14 heteroatoms. The number of urea groups is 1. The number of rotatable bonds is 11. The fraction of sp³-hybridized carbons (Fsp3) is 0.161. The molecular formula is C31H27ClF2N6O3S2. The maximum Gasteiger partial charge on any atom is 0.323 e. The van der Waals surface area contributed by atoms with Crippen molar-refractivity contribution >= 4 is 44.1 Å². The van der Waals surface area contributed by atoms with E-state index in [1.807, 2.05) is 0 Å². The van der Waals surface area contributed by atoms with E-state index in [4.69, 9.17) is 16.7 Å². The summed E-state index contributed by atoms with van der Waals surface area (Å²) in [5.74, 6) is -0.994. The summed E-state index contributed by atoms with van der Waals surface area (Å²) >= 11 is 7.51. The number of amides is 2. The Morgan fingerprint density at radius 2 is 1.56 bits per heavy atom. The van der Waals surface area contributed by atoms with E-state index in [0.29, 0.717) is 40.7 Å². The van der Waals surface area contributed by atoms with Crippen molar-refractivity contribution < 1.29 is 22.0 Å². The molecule has 0 bridgehead atoms. The smallest absolute Gasteiger partial charge is 0.323 e. The van der Waals surface area contributed by atoms with E-state index in [2.05, 4.69) is 20.3 Å². The fourth-order valence-corrected chi connectivity index (χ4v) is 6.32. The van der Waals surface area contributed by atoms with Gasteiger partial charge in [0.2, 0.25) is 10.0 Å². The molecule has 0 aliphatic carbocycles. The van der Waals surface area contributed by atoms with Crippen molar-refractivity contribution in [2.45, 2.75) is 23.7 Å². The average Bonchev–Trinajstić information content (AvgIpc) is 3.39. The third-order valence-electron chi connectivity index (χ3n) is 7.03. The van der Waals surface area contributed by atoms with Crippen LogP contribution in [0.5, 0.6) is 0 Å². The van der Waals surface area contributed by atoms with Crippen LogP contribution in [0, 0.1) is 11.6 Å². The predicted molar refractivity (Wildman–Crippen MR) is 170 cm³/mol. The van der Waals surface area contributed by atoms with Crippen molar-refractivity contribution in [3.63, 3.8) is 0 Å². The normalized spacial score (nSPS) is 11.5. The van der Waals surface area contributed by atoms with Crippen LogP contribution in [0.25, 0.3) is 11.3 Å². The highest BCUT2D eigenvalue weighted by atomic mass is 35.5. The van der Waals surface area contributed by atoms with E-state index in [1.54, 1.807) is 47.8 Å². The van der Waals surface area contributed by atoms with Crippen LogP contribution in [0.1, 0.15) is 29.2 Å². The van der Waals surface area contributed by atoms with Gasteiger partial charge in [0.25, 0.3) is 0 Å². The van der Waals surface area contributed by atoms with Crippen molar-refractivity contribution in [1.82, 2.24) is 19.9 Å². The molecule has 0 unspecified atom stereocenters. The van der Waals surface area contributed by atoms with Gasteiger partial charge in [-0.2, -0.15) is 0 Å². The molecule has 45 heavy (non-hydrogen) atoms. The molecule has 0 radical (unpaired) electrons. The van der Waals surface area contributed by atoms with Crippen LogP contribution >= 0.6 is 22.9 Å². The summed E-state index contributed by atoms with van der Waals surface area (Å²) in [4.78, 5) is 28.1. The number of primary sulfonamides is 1. The van der Waals surface area contributed by atoms with Crippen LogP contribution in [0.2, 0.25) is 4.34 Å². The highest BCUT2D eigenvalue weighted by Crippen LogP contribution is 2.36. The molecule has 232 valence electrons. The van der Waals surface area contributed by atoms with E-state index in [9.17, 15) is 22.0 Å². The van der Waals surface area contributed by atoms with Gasteiger partial charge < -0.3 is 4.90 Å². The summed E-state index contributed by atoms with van der Waals surface area (Å²) in [6.07, 6.45) is 5.65. The molecule has 0 atom stereocenters. The Kier molecular flexibility index (Phi) is 10.1. The Morgan fingerprint density at radius 1 is 0.933 bits per heavy atom. The molecule has 0 spiro atoms. The third-order valence-corrected chi connectivity index (χ3v) is 9.13. The molecular weight excluding hydrogens is 642 g/mol. The first kappa shape index (κ1) is 32.1. The third kappa shape index (κ3) is 8.45. The Morgan fingerprint density at radius 3 is 2.11 bits per heavy atom. The predicted octanol–water partition coefficient (Wildman–Crippen LogP) is 6.48. The van der Waals surface area contributed by atoms with Gasteiger partial charge in [-0.25, -0.2) is 32.1 Å². The molecule has 0 saturated heterocycles. The monoisotopic (exact) mass is 668 g/mol. The number of aromatic nitrogens is 3. The van der Waals surface area contributed by atoms with Crippen LogP contribution in [0.4, 0.5) is 18.7 Å². The number of benzene rings is 3. The molecule has 9 nitrogen and oxygen atoms in total. The molecule has 0 aliphatic heterocycles. The number of hydrogen-bond donors (Lipinski definition) is 2. The lowest BCUT2D eigenvalue weighted by atomic mass is 9.88. The number of nitrogens with one attached hydrogen (secondary N) is 1. The second-order valence-electron chi connectivity index (χ2n) is 10.0. The van der Waals surface area contributed by atoms with Crippen LogP contribution in [-0.2, 0) is 16.4 Å². The molecule has 0 saturated carbocycles. The second kappa shape index (κ2) is 14.2. The van der Waals surface area contributed by atoms with Crippen molar-refractivity contribution in [2.75, 3.05) is 18.4 Å². The topological polar surface area (TPSA) is 131 Å². The lowest BCUT2D eigenvalue weighted by molar-refractivity contribution is 0.210. The number of thiazole rings is 1. The maximum absolute atomic E-state index is 13.7. The average molecular weight is 669 g/mol. The number of sulfonamides is 1. The Balaban J connectivity index is 1.37. The number of hydrogen-bond acceptors (Lipinski definition) is 7. The van der Waals surface area contributed by atoms with Crippen molar-refractivity contribution in [1.29, 1.82) is 0 Å². The van der Waals surface area contributed by atoms with E-state index in [0.717, 1.165) is 22.5 Å². The zero-order chi connectivity index (χ0) is 32.0. The minimum Gasteiger partial charge on any atom is -0.324 e. The van der Waals surface area contributed by atoms with Crippen LogP contribution in [-0.4, -0.2) is 47.4 Å². The molecule has 0 aliphatic rings. The SMILES string of the molecule is NS(=O)(=O)c1ccc(-c2nc(NC(=O)N(CCc3cnccn3)CCC(c3ccc(F)cc3)c3ccc(F)cc3)sc2Cl)cc1. The van der Waals surface area contributed by atoms with E-state index in [1.165, 1.54) is 48.5 Å². The Bertz CT molecular complexity index is 1810. The van der Waals surface area contributed by atoms with E-state index >= 15 is 0 Å². The standard InChI is InChI=1S/C31H27ClF2N6O3S2/c32-29-28(22-5-11-26(12-6-22)45(35,42)43)38-30(44-29)39-31(41)40(17-13-25-19-36-15-16-37-25)18-14-27(20-1-7-23(33)8-2-20)21-3-9-24(34)10-4-21/h1-12,15-16,19,27H,13-14,17-18H2,(H2,35,42,43)(H,38,39,41). The molecule has 3 N–H and O–H groups in total. The van der Waals surface area contributed by atoms with Gasteiger partial charge in [0.05, 0.1) is 10.6 Å². The quantitative estimate of drug-likeness (QED) is 0.166. The summed E-state index contributed by atoms with van der Waals surface area (Å²) in [5.41, 5.74) is 3.26. The molecule has 2 aromatic heterocycles. The van der Waals surface area contributed by atoms with Gasteiger partial charge in [-0.1, -0.05) is 59.3 Å². The van der Waals surface area contributed by atoms with Crippen molar-refractivity contribution in [2.24, 2.45) is 5.14 Å². The summed E-state index contributed by atoms with van der Waals surface area (Å²) in [5, 5.41) is 8.25. The van der Waals surface area contributed by atoms with Gasteiger partial charge in [-0.15, -0.1) is 0 Å². The molecule has 2 heterocycles. The molecule has 5 aromatic rings. The van der Waals surface area contributed by atoms with Gasteiger partial charge in [0.15, 0.2) is 5.13 Å². The minimum atomic E-state index is -3.86. The Hall–Kier alpha value is -4.30. The van der Waals surface area contributed by atoms with Crippen LogP contribution in [0.15, 0.2) is 96.3 Å². The number of nitrogens with two attached hydrogens (primary N) is 1. The number of halogens is 3. The van der Waals surface area contributed by atoms with Gasteiger partial charge in [-0.05, 0) is 53.9 Å². The summed E-state index contributed by atoms with van der Waals surface area (Å²) in [6, 6.07) is 17.6. The molecule has 2 amide bonds. The lowest BCUT2D eigenvalue weighted by Gasteiger charge is -2.26. The van der Waals surface area contributed by atoms with Crippen LogP contribution in [0.3, 0.4) is 0 Å². The first-order valence-electron chi connectivity index (χ1n) is 13.7. The number of nitrogens with zero attached hydrogens (tertiary/aromatic N) is 4. The molecule has 3 aromatic carbocycles. The minimum absolute atomic E-state index is 0.0514. The highest BCUT2D eigenvalue weighted by Gasteiger charge is 2.22. The Labute approximate surface area is 267 Å². The van der Waals surface area contributed by atoms with Crippen molar-refractivity contribution in [3.05, 3.63) is 124 Å². The van der Waals surface area contributed by atoms with E-state index < -0.39 is 16.1 Å². The summed E-state index contributed by atoms with van der Waals surface area (Å²) in [6.45, 7) is 0.581. The summed E-state index contributed by atoms with van der Waals surface area (Å²) < 4.78 is 51.0. The highest BCUT2D eigenvalue weighted by molar-refractivity contribution is 7.89. The first-order chi connectivity index (χ1) is 21.6. The van der Waals surface area contributed by atoms with Gasteiger partial charge in [0, 0.05) is 49.6 Å². The van der Waals surface area contributed by atoms with E-state index in [-0.39, 0.29) is 34.1 Å². The number of carbonyl (C=O) groups is 1. The molecule has 0 fully saturated rings.